The van der Waals surface area contributed by atoms with Crippen LogP contribution in [0.1, 0.15) is 50.4 Å². The van der Waals surface area contributed by atoms with Gasteiger partial charge in [0.1, 0.15) is 11.5 Å². The van der Waals surface area contributed by atoms with Crippen molar-refractivity contribution in [3.63, 3.8) is 0 Å². The average Bonchev–Trinajstić information content (AvgIpc) is 3.53. The molecule has 16 heteroatoms. The molecule has 0 saturated heterocycles. The molecule has 0 saturated carbocycles. The van der Waals surface area contributed by atoms with Crippen molar-refractivity contribution in [2.75, 3.05) is 45.2 Å². The Hall–Kier alpha value is -3.70. The van der Waals surface area contributed by atoms with Gasteiger partial charge in [-0.15, -0.1) is 0 Å². The van der Waals surface area contributed by atoms with Gasteiger partial charge in [-0.3, -0.25) is 9.52 Å². The highest BCUT2D eigenvalue weighted by molar-refractivity contribution is 7.92. The zero-order chi connectivity index (χ0) is 35.9. The highest BCUT2D eigenvalue weighted by Crippen LogP contribution is 2.30. The van der Waals surface area contributed by atoms with Crippen molar-refractivity contribution >= 4 is 31.6 Å². The summed E-state index contributed by atoms with van der Waals surface area (Å²) >= 11 is 0. The largest absolute Gasteiger partial charge is 0.497 e. The number of fused-ring (bicyclic) bond motifs is 1. The van der Waals surface area contributed by atoms with Crippen LogP contribution in [-0.2, 0) is 31.8 Å². The molecule has 2 aromatic carbocycles. The van der Waals surface area contributed by atoms with Crippen LogP contribution in [0, 0.1) is 5.92 Å². The number of nitrogens with zero attached hydrogens (tertiary/aromatic N) is 4. The van der Waals surface area contributed by atoms with Crippen LogP contribution in [-0.4, -0.2) is 105 Å². The molecular formula is C33H47N5O9S2. The van der Waals surface area contributed by atoms with Crippen LogP contribution in [0.3, 0.4) is 0 Å². The van der Waals surface area contributed by atoms with E-state index in [-0.39, 0.29) is 58.6 Å². The van der Waals surface area contributed by atoms with E-state index in [1.54, 1.807) is 32.2 Å². The van der Waals surface area contributed by atoms with Gasteiger partial charge in [0.25, 0.3) is 15.9 Å². The number of sulfonamides is 2. The Balaban J connectivity index is 1.66. The SMILES string of the molecule is COc1ccc(S(=O)(=O)N(C)C[C@@H]2OCCCC[C@@H](C)Oc3ccc(NS(=O)(=O)c4cn(C)cn4)cc3C(=O)N([C@@H](C)CO)C[C@@H]2C)cc1. The number of ether oxygens (including phenoxy) is 3. The quantitative estimate of drug-likeness (QED) is 0.317. The van der Waals surface area contributed by atoms with Crippen LogP contribution < -0.4 is 14.2 Å². The molecule has 4 atom stereocenters. The van der Waals surface area contributed by atoms with E-state index in [4.69, 9.17) is 14.2 Å². The van der Waals surface area contributed by atoms with Crippen molar-refractivity contribution in [2.45, 2.75) is 68.2 Å². The lowest BCUT2D eigenvalue weighted by Crippen LogP contribution is -2.48. The predicted molar refractivity (Wildman–Crippen MR) is 184 cm³/mol. The monoisotopic (exact) mass is 721 g/mol. The lowest BCUT2D eigenvalue weighted by atomic mass is 10.0. The van der Waals surface area contributed by atoms with Gasteiger partial charge in [0.2, 0.25) is 10.0 Å². The van der Waals surface area contributed by atoms with Gasteiger partial charge in [-0.05, 0) is 75.6 Å². The summed E-state index contributed by atoms with van der Waals surface area (Å²) in [7, 11) is -3.29. The standard InChI is InChI=1S/C33H47N5O9S2/c1-23-18-38(24(2)21-39)33(40)29-17-26(35-48(41,42)32-20-36(4)22-34-32)10-15-30(29)47-25(3)9-7-8-16-46-31(23)19-37(5)49(43,44)28-13-11-27(45-6)12-14-28/h10-15,17,20,22-25,31,35,39H,7-9,16,18-19,21H2,1-6H3/t23-,24-,25+,31-/m0/s1. The lowest BCUT2D eigenvalue weighted by molar-refractivity contribution is -0.00833. The number of methoxy groups -OCH3 is 1. The molecule has 3 aromatic rings. The maximum Gasteiger partial charge on any atom is 0.280 e. The summed E-state index contributed by atoms with van der Waals surface area (Å²) in [5.74, 6) is -0.0735. The zero-order valence-corrected chi connectivity index (χ0v) is 30.4. The van der Waals surface area contributed by atoms with Gasteiger partial charge in [0.15, 0.2) is 5.03 Å². The van der Waals surface area contributed by atoms with Crippen LogP contribution in [0.2, 0.25) is 0 Å². The first-order valence-electron chi connectivity index (χ1n) is 16.1. The molecule has 1 aromatic heterocycles. The number of anilines is 1. The summed E-state index contributed by atoms with van der Waals surface area (Å²) in [4.78, 5) is 19.9. The van der Waals surface area contributed by atoms with Crippen LogP contribution in [0.4, 0.5) is 5.69 Å². The molecule has 270 valence electrons. The molecule has 0 spiro atoms. The molecule has 49 heavy (non-hydrogen) atoms. The van der Waals surface area contributed by atoms with E-state index in [1.165, 1.54) is 64.7 Å². The van der Waals surface area contributed by atoms with Crippen molar-refractivity contribution in [1.29, 1.82) is 0 Å². The Morgan fingerprint density at radius 2 is 1.84 bits per heavy atom. The third kappa shape index (κ3) is 9.51. The second-order valence-corrected chi connectivity index (χ2v) is 16.1. The van der Waals surface area contributed by atoms with Gasteiger partial charge in [0.05, 0.1) is 48.8 Å². The normalized spacial score (nSPS) is 20.6. The minimum atomic E-state index is -4.06. The fourth-order valence-corrected chi connectivity index (χ4v) is 7.68. The van der Waals surface area contributed by atoms with Gasteiger partial charge in [0, 0.05) is 51.6 Å². The number of rotatable bonds is 10. The molecule has 0 radical (unpaired) electrons. The summed E-state index contributed by atoms with van der Waals surface area (Å²) in [6.45, 7) is 5.58. The number of nitrogens with one attached hydrogen (secondary N) is 1. The lowest BCUT2D eigenvalue weighted by Gasteiger charge is -2.35. The fraction of sp³-hybridized carbons (Fsp3) is 0.515. The number of imidazole rings is 1. The maximum absolute atomic E-state index is 14.4. The Labute approximate surface area is 289 Å². The molecule has 4 rings (SSSR count). The van der Waals surface area contributed by atoms with E-state index in [0.29, 0.717) is 25.2 Å². The Morgan fingerprint density at radius 3 is 2.47 bits per heavy atom. The highest BCUT2D eigenvalue weighted by Gasteiger charge is 2.33. The summed E-state index contributed by atoms with van der Waals surface area (Å²) in [6.07, 6.45) is 3.94. The number of aliphatic hydroxyl groups excluding tert-OH is 1. The molecule has 1 aliphatic rings. The first-order chi connectivity index (χ1) is 23.2. The van der Waals surface area contributed by atoms with E-state index in [2.05, 4.69) is 9.71 Å². The topological polar surface area (TPSA) is 170 Å². The molecule has 1 aliphatic heterocycles. The number of carbonyl (C=O) groups excluding carboxylic acids is 1. The number of aliphatic hydroxyl groups is 1. The Morgan fingerprint density at radius 1 is 1.12 bits per heavy atom. The first-order valence-corrected chi connectivity index (χ1v) is 19.0. The van der Waals surface area contributed by atoms with E-state index < -0.39 is 38.1 Å². The van der Waals surface area contributed by atoms with Gasteiger partial charge < -0.3 is 28.8 Å². The Kier molecular flexibility index (Phi) is 12.7. The number of aromatic nitrogens is 2. The van der Waals surface area contributed by atoms with Crippen molar-refractivity contribution < 1.29 is 40.9 Å². The zero-order valence-electron chi connectivity index (χ0n) is 28.8. The predicted octanol–water partition coefficient (Wildman–Crippen LogP) is 3.35. The highest BCUT2D eigenvalue weighted by atomic mass is 32.2. The molecule has 0 unspecified atom stereocenters. The number of hydrogen-bond acceptors (Lipinski definition) is 10. The summed E-state index contributed by atoms with van der Waals surface area (Å²) in [5, 5.41) is 10.0. The molecule has 14 nitrogen and oxygen atoms in total. The van der Waals surface area contributed by atoms with Crippen molar-refractivity contribution in [3.05, 3.63) is 60.6 Å². The second-order valence-electron chi connectivity index (χ2n) is 12.5. The average molecular weight is 722 g/mol. The van der Waals surface area contributed by atoms with Crippen molar-refractivity contribution in [1.82, 2.24) is 18.8 Å². The van der Waals surface area contributed by atoms with Gasteiger partial charge in [-0.2, -0.15) is 12.7 Å². The van der Waals surface area contributed by atoms with Crippen LogP contribution >= 0.6 is 0 Å². The number of carbonyl (C=O) groups is 1. The third-order valence-electron chi connectivity index (χ3n) is 8.46. The number of amides is 1. The molecule has 0 fully saturated rings. The van der Waals surface area contributed by atoms with Crippen LogP contribution in [0.25, 0.3) is 0 Å². The first kappa shape index (κ1) is 38.1. The van der Waals surface area contributed by atoms with Crippen LogP contribution in [0.15, 0.2) is 64.9 Å². The summed E-state index contributed by atoms with van der Waals surface area (Å²) < 4.78 is 76.1. The Bertz CT molecular complexity index is 1780. The maximum atomic E-state index is 14.4. The molecule has 0 aliphatic carbocycles. The summed E-state index contributed by atoms with van der Waals surface area (Å²) in [6, 6.07) is 9.98. The minimum absolute atomic E-state index is 0.0145. The smallest absolute Gasteiger partial charge is 0.280 e. The number of hydrogen-bond donors (Lipinski definition) is 2. The van der Waals surface area contributed by atoms with Crippen molar-refractivity contribution in [2.24, 2.45) is 13.0 Å². The number of likely N-dealkylation sites (N-methyl/N-ethyl adjacent to an activating group) is 1. The van der Waals surface area contributed by atoms with E-state index >= 15 is 0 Å². The van der Waals surface area contributed by atoms with Crippen LogP contribution in [0.5, 0.6) is 11.5 Å². The molecule has 0 bridgehead atoms. The minimum Gasteiger partial charge on any atom is -0.497 e. The molecule has 2 N–H and O–H groups in total. The van der Waals surface area contributed by atoms with Crippen molar-refractivity contribution in [3.8, 4) is 11.5 Å². The molecular weight excluding hydrogens is 675 g/mol. The van der Waals surface area contributed by atoms with E-state index in [0.717, 1.165) is 6.42 Å². The second kappa shape index (κ2) is 16.3. The third-order valence-corrected chi connectivity index (χ3v) is 11.6. The number of benzene rings is 2. The fourth-order valence-electron chi connectivity index (χ4n) is 5.46. The van der Waals surface area contributed by atoms with Gasteiger partial charge in [-0.25, -0.2) is 13.4 Å². The summed E-state index contributed by atoms with van der Waals surface area (Å²) in [5.41, 5.74) is 0.237. The van der Waals surface area contributed by atoms with Gasteiger partial charge in [-0.1, -0.05) is 6.92 Å². The number of aryl methyl sites for hydroxylation is 1. The van der Waals surface area contributed by atoms with E-state index in [9.17, 15) is 26.7 Å². The van der Waals surface area contributed by atoms with Gasteiger partial charge >= 0.3 is 0 Å². The molecule has 1 amide bonds. The van der Waals surface area contributed by atoms with E-state index in [1.807, 2.05) is 13.8 Å². The molecule has 2 heterocycles.